The van der Waals surface area contributed by atoms with E-state index >= 15 is 0 Å². The summed E-state index contributed by atoms with van der Waals surface area (Å²) in [7, 11) is 0. The maximum absolute atomic E-state index is 12.6. The molecule has 2 N–H and O–H groups in total. The average molecular weight is 151 g/mol. The van der Waals surface area contributed by atoms with E-state index in [1.807, 2.05) is 6.07 Å². The van der Waals surface area contributed by atoms with Crippen molar-refractivity contribution < 1.29 is 4.39 Å². The zero-order chi connectivity index (χ0) is 7.84. The molecule has 0 spiro atoms. The topological polar surface area (TPSA) is 26.0 Å². The van der Waals surface area contributed by atoms with Crippen LogP contribution in [-0.2, 0) is 12.8 Å². The molecule has 11 heavy (non-hydrogen) atoms. The predicted molar refractivity (Wildman–Crippen MR) is 41.8 cm³/mol. The lowest BCUT2D eigenvalue weighted by Crippen LogP contribution is -2.18. The second kappa shape index (κ2) is 2.31. The number of hydrogen-bond donors (Lipinski definition) is 1. The highest BCUT2D eigenvalue weighted by atomic mass is 19.1. The Morgan fingerprint density at radius 2 is 2.00 bits per heavy atom. The fraction of sp³-hybridized carbons (Fsp3) is 0.333. The van der Waals surface area contributed by atoms with Gasteiger partial charge in [0.1, 0.15) is 5.82 Å². The number of hydrogen-bond acceptors (Lipinski definition) is 1. The summed E-state index contributed by atoms with van der Waals surface area (Å²) in [5.74, 6) is -0.155. The standard InChI is InChI=1S/C9H10FN/c10-8-2-1-6-4-9(11)5-7(6)3-8/h1-3,9H,4-5,11H2. The van der Waals surface area contributed by atoms with Gasteiger partial charge < -0.3 is 5.73 Å². The molecule has 0 bridgehead atoms. The molecular weight excluding hydrogens is 141 g/mol. The van der Waals surface area contributed by atoms with Crippen LogP contribution in [0.1, 0.15) is 11.1 Å². The maximum Gasteiger partial charge on any atom is 0.123 e. The van der Waals surface area contributed by atoms with Crippen molar-refractivity contribution >= 4 is 0 Å². The van der Waals surface area contributed by atoms with E-state index in [2.05, 4.69) is 0 Å². The van der Waals surface area contributed by atoms with Gasteiger partial charge in [-0.05, 0) is 36.1 Å². The molecule has 1 aliphatic rings. The first kappa shape index (κ1) is 6.80. The molecule has 1 nitrogen and oxygen atoms in total. The summed E-state index contributed by atoms with van der Waals surface area (Å²) in [6.07, 6.45) is 1.72. The molecule has 58 valence electrons. The Morgan fingerprint density at radius 3 is 2.82 bits per heavy atom. The second-order valence-corrected chi connectivity index (χ2v) is 3.08. The van der Waals surface area contributed by atoms with Crippen molar-refractivity contribution in [3.63, 3.8) is 0 Å². The molecule has 0 aliphatic heterocycles. The van der Waals surface area contributed by atoms with Crippen LogP contribution in [0.25, 0.3) is 0 Å². The largest absolute Gasteiger partial charge is 0.327 e. The summed E-state index contributed by atoms with van der Waals surface area (Å²) in [6, 6.07) is 5.11. The molecule has 1 aromatic carbocycles. The first-order chi connectivity index (χ1) is 5.25. The van der Waals surface area contributed by atoms with E-state index in [9.17, 15) is 4.39 Å². The van der Waals surface area contributed by atoms with Gasteiger partial charge in [0.25, 0.3) is 0 Å². The lowest BCUT2D eigenvalue weighted by atomic mass is 10.1. The first-order valence-electron chi connectivity index (χ1n) is 3.78. The van der Waals surface area contributed by atoms with Crippen LogP contribution < -0.4 is 5.73 Å². The fourth-order valence-electron chi connectivity index (χ4n) is 1.62. The van der Waals surface area contributed by atoms with Gasteiger partial charge in [-0.2, -0.15) is 0 Å². The number of fused-ring (bicyclic) bond motifs is 1. The molecule has 0 heterocycles. The Labute approximate surface area is 65.0 Å². The first-order valence-corrected chi connectivity index (χ1v) is 3.78. The van der Waals surface area contributed by atoms with E-state index < -0.39 is 0 Å². The Bertz CT molecular complexity index is 283. The second-order valence-electron chi connectivity index (χ2n) is 3.08. The Hall–Kier alpha value is -0.890. The lowest BCUT2D eigenvalue weighted by Gasteiger charge is -1.95. The van der Waals surface area contributed by atoms with Gasteiger partial charge in [0, 0.05) is 6.04 Å². The van der Waals surface area contributed by atoms with Crippen LogP contribution in [0.5, 0.6) is 0 Å². The van der Waals surface area contributed by atoms with Crippen molar-refractivity contribution in [3.05, 3.63) is 35.1 Å². The molecule has 1 unspecified atom stereocenters. The monoisotopic (exact) mass is 151 g/mol. The summed E-state index contributed by atoms with van der Waals surface area (Å²) in [6.45, 7) is 0. The number of nitrogens with two attached hydrogens (primary N) is 1. The quantitative estimate of drug-likeness (QED) is 0.593. The van der Waals surface area contributed by atoms with E-state index in [0.29, 0.717) is 0 Å². The summed E-state index contributed by atoms with van der Waals surface area (Å²) < 4.78 is 12.6. The Kier molecular flexibility index (Phi) is 1.43. The van der Waals surface area contributed by atoms with Gasteiger partial charge in [0.05, 0.1) is 0 Å². The third kappa shape index (κ3) is 1.14. The predicted octanol–water partition coefficient (Wildman–Crippen LogP) is 1.25. The van der Waals surface area contributed by atoms with Crippen molar-refractivity contribution in [2.75, 3.05) is 0 Å². The molecule has 0 saturated heterocycles. The van der Waals surface area contributed by atoms with Crippen molar-refractivity contribution in [1.29, 1.82) is 0 Å². The fourth-order valence-corrected chi connectivity index (χ4v) is 1.62. The van der Waals surface area contributed by atoms with E-state index in [1.165, 1.54) is 11.6 Å². The highest BCUT2D eigenvalue weighted by molar-refractivity contribution is 5.33. The van der Waals surface area contributed by atoms with E-state index in [1.54, 1.807) is 6.07 Å². The summed E-state index contributed by atoms with van der Waals surface area (Å²) in [5.41, 5.74) is 8.00. The summed E-state index contributed by atoms with van der Waals surface area (Å²) >= 11 is 0. The molecular formula is C9H10FN. The average Bonchev–Trinajstić information content (AvgIpc) is 2.27. The molecule has 2 rings (SSSR count). The summed E-state index contributed by atoms with van der Waals surface area (Å²) in [5, 5.41) is 0. The van der Waals surface area contributed by atoms with Crippen LogP contribution in [0.2, 0.25) is 0 Å². The van der Waals surface area contributed by atoms with Gasteiger partial charge >= 0.3 is 0 Å². The van der Waals surface area contributed by atoms with Crippen LogP contribution in [0.15, 0.2) is 18.2 Å². The molecule has 1 atom stereocenters. The number of benzene rings is 1. The van der Waals surface area contributed by atoms with Gasteiger partial charge in [0.15, 0.2) is 0 Å². The third-order valence-electron chi connectivity index (χ3n) is 2.13. The molecule has 0 saturated carbocycles. The van der Waals surface area contributed by atoms with E-state index in [-0.39, 0.29) is 11.9 Å². The molecule has 1 aromatic rings. The molecule has 2 heteroatoms. The van der Waals surface area contributed by atoms with Crippen LogP contribution in [-0.4, -0.2) is 6.04 Å². The number of halogens is 1. The zero-order valence-electron chi connectivity index (χ0n) is 6.18. The van der Waals surface area contributed by atoms with Gasteiger partial charge in [-0.3, -0.25) is 0 Å². The highest BCUT2D eigenvalue weighted by Crippen LogP contribution is 2.21. The summed E-state index contributed by atoms with van der Waals surface area (Å²) in [4.78, 5) is 0. The smallest absolute Gasteiger partial charge is 0.123 e. The minimum atomic E-state index is -0.155. The van der Waals surface area contributed by atoms with Crippen molar-refractivity contribution in [3.8, 4) is 0 Å². The van der Waals surface area contributed by atoms with Crippen molar-refractivity contribution in [1.82, 2.24) is 0 Å². The van der Waals surface area contributed by atoms with Gasteiger partial charge in [-0.25, -0.2) is 4.39 Å². The van der Waals surface area contributed by atoms with Crippen LogP contribution >= 0.6 is 0 Å². The third-order valence-corrected chi connectivity index (χ3v) is 2.13. The lowest BCUT2D eigenvalue weighted by molar-refractivity contribution is 0.625. The Morgan fingerprint density at radius 1 is 1.27 bits per heavy atom. The van der Waals surface area contributed by atoms with E-state index in [0.717, 1.165) is 18.4 Å². The molecule has 0 aromatic heterocycles. The zero-order valence-corrected chi connectivity index (χ0v) is 6.18. The van der Waals surface area contributed by atoms with Crippen LogP contribution in [0.3, 0.4) is 0 Å². The van der Waals surface area contributed by atoms with Crippen molar-refractivity contribution in [2.45, 2.75) is 18.9 Å². The molecule has 0 amide bonds. The van der Waals surface area contributed by atoms with Crippen LogP contribution in [0.4, 0.5) is 4.39 Å². The van der Waals surface area contributed by atoms with Gasteiger partial charge in [-0.1, -0.05) is 6.07 Å². The molecule has 0 radical (unpaired) electrons. The normalized spacial score (nSPS) is 21.8. The molecule has 1 aliphatic carbocycles. The number of rotatable bonds is 0. The maximum atomic E-state index is 12.6. The SMILES string of the molecule is NC1Cc2ccc(F)cc2C1. The van der Waals surface area contributed by atoms with Crippen molar-refractivity contribution in [2.24, 2.45) is 5.73 Å². The highest BCUT2D eigenvalue weighted by Gasteiger charge is 2.17. The van der Waals surface area contributed by atoms with E-state index in [4.69, 9.17) is 5.73 Å². The minimum absolute atomic E-state index is 0.155. The van der Waals surface area contributed by atoms with Crippen LogP contribution in [0, 0.1) is 5.82 Å². The van der Waals surface area contributed by atoms with Gasteiger partial charge in [-0.15, -0.1) is 0 Å². The Balaban J connectivity index is 2.43. The molecule has 0 fully saturated rings. The van der Waals surface area contributed by atoms with Gasteiger partial charge in [0.2, 0.25) is 0 Å². The minimum Gasteiger partial charge on any atom is -0.327 e.